The Morgan fingerprint density at radius 1 is 0.521 bits per heavy atom. The predicted octanol–water partition coefficient (Wildman–Crippen LogP) is 7.71. The summed E-state index contributed by atoms with van der Waals surface area (Å²) < 4.78 is 22.6. The van der Waals surface area contributed by atoms with E-state index in [4.69, 9.17) is 18.9 Å². The van der Waals surface area contributed by atoms with E-state index in [1.165, 1.54) is 0 Å². The average molecular weight is 1000 g/mol. The van der Waals surface area contributed by atoms with Crippen molar-refractivity contribution >= 4 is 5.91 Å². The number of carbonyl (C=O) groups excluding carboxylic acids is 1. The molecule has 0 aliphatic carbocycles. The number of ether oxygens (including phenoxy) is 4. The maximum Gasteiger partial charge on any atom is 0.220 e. The maximum absolute atomic E-state index is 13.1. The van der Waals surface area contributed by atoms with E-state index < -0.39 is 86.8 Å². The molecule has 12 unspecified atom stereocenters. The Morgan fingerprint density at radius 3 is 1.49 bits per heavy atom. The van der Waals surface area contributed by atoms with Crippen LogP contribution in [0.25, 0.3) is 0 Å². The van der Waals surface area contributed by atoms with Crippen LogP contribution in [0.1, 0.15) is 149 Å². The normalized spacial score (nSPS) is 26.7. The molecule has 12 atom stereocenters. The maximum atomic E-state index is 13.1. The van der Waals surface area contributed by atoms with Gasteiger partial charge in [-0.2, -0.15) is 0 Å². The van der Waals surface area contributed by atoms with Crippen LogP contribution in [0.3, 0.4) is 0 Å². The molecule has 0 spiro atoms. The molecule has 2 rings (SSSR count). The van der Waals surface area contributed by atoms with E-state index in [0.29, 0.717) is 6.42 Å². The zero-order chi connectivity index (χ0) is 51.7. The molecule has 2 fully saturated rings. The van der Waals surface area contributed by atoms with E-state index in [2.05, 4.69) is 116 Å². The molecule has 0 aromatic rings. The van der Waals surface area contributed by atoms with E-state index in [9.17, 15) is 45.6 Å². The van der Waals surface area contributed by atoms with Crippen molar-refractivity contribution in [1.82, 2.24) is 5.32 Å². The van der Waals surface area contributed by atoms with Gasteiger partial charge in [0.05, 0.1) is 32.0 Å². The zero-order valence-corrected chi connectivity index (χ0v) is 42.9. The minimum Gasteiger partial charge on any atom is -0.394 e. The smallest absolute Gasteiger partial charge is 0.220 e. The molecule has 9 N–H and O–H groups in total. The van der Waals surface area contributed by atoms with Gasteiger partial charge >= 0.3 is 0 Å². The van der Waals surface area contributed by atoms with Crippen LogP contribution in [0.2, 0.25) is 0 Å². The highest BCUT2D eigenvalue weighted by Crippen LogP contribution is 2.30. The summed E-state index contributed by atoms with van der Waals surface area (Å²) in [6.45, 7) is 2.54. The van der Waals surface area contributed by atoms with Crippen LogP contribution in [0, 0.1) is 0 Å². The third-order valence-corrected chi connectivity index (χ3v) is 12.2. The number of aliphatic hydroxyl groups is 8. The summed E-state index contributed by atoms with van der Waals surface area (Å²) >= 11 is 0. The van der Waals surface area contributed by atoms with Crippen molar-refractivity contribution in [2.45, 2.75) is 222 Å². The minimum atomic E-state index is -1.79. The molecule has 2 heterocycles. The van der Waals surface area contributed by atoms with Crippen LogP contribution in [0.15, 0.2) is 109 Å². The third-order valence-electron chi connectivity index (χ3n) is 12.2. The number of allylic oxidation sites excluding steroid dienone is 17. The van der Waals surface area contributed by atoms with Gasteiger partial charge in [0, 0.05) is 6.42 Å². The monoisotopic (exact) mass is 1000 g/mol. The van der Waals surface area contributed by atoms with Gasteiger partial charge in [-0.15, -0.1) is 0 Å². The Hall–Kier alpha value is -3.35. The van der Waals surface area contributed by atoms with Crippen LogP contribution in [0.5, 0.6) is 0 Å². The van der Waals surface area contributed by atoms with Gasteiger partial charge in [0.1, 0.15) is 48.8 Å². The Balaban J connectivity index is 1.66. The van der Waals surface area contributed by atoms with Crippen molar-refractivity contribution in [3.8, 4) is 0 Å². The van der Waals surface area contributed by atoms with E-state index in [0.717, 1.165) is 122 Å². The van der Waals surface area contributed by atoms with Gasteiger partial charge in [-0.05, 0) is 83.5 Å². The molecule has 2 aliphatic heterocycles. The summed E-state index contributed by atoms with van der Waals surface area (Å²) in [7, 11) is 0. The summed E-state index contributed by atoms with van der Waals surface area (Å²) in [5.41, 5.74) is 0. The average Bonchev–Trinajstić information content (AvgIpc) is 3.37. The molecule has 0 aromatic carbocycles. The summed E-state index contributed by atoms with van der Waals surface area (Å²) in [4.78, 5) is 13.1. The highest BCUT2D eigenvalue weighted by atomic mass is 16.7. The summed E-state index contributed by atoms with van der Waals surface area (Å²) in [5.74, 6) is -0.267. The van der Waals surface area contributed by atoms with Crippen molar-refractivity contribution in [3.63, 3.8) is 0 Å². The molecule has 404 valence electrons. The molecular formula is C57H93NO13. The van der Waals surface area contributed by atoms with Crippen molar-refractivity contribution in [1.29, 1.82) is 0 Å². The van der Waals surface area contributed by atoms with E-state index in [1.807, 2.05) is 6.08 Å². The first kappa shape index (κ1) is 63.8. The summed E-state index contributed by atoms with van der Waals surface area (Å²) in [5, 5.41) is 86.3. The fourth-order valence-corrected chi connectivity index (χ4v) is 7.89. The second kappa shape index (κ2) is 42.1. The van der Waals surface area contributed by atoms with E-state index in [1.54, 1.807) is 6.08 Å². The van der Waals surface area contributed by atoms with Crippen molar-refractivity contribution < 1.29 is 64.6 Å². The van der Waals surface area contributed by atoms with Gasteiger partial charge in [0.15, 0.2) is 12.6 Å². The van der Waals surface area contributed by atoms with Crippen LogP contribution in [-0.2, 0) is 23.7 Å². The quantitative estimate of drug-likeness (QED) is 0.0213. The zero-order valence-electron chi connectivity index (χ0n) is 42.9. The first-order chi connectivity index (χ1) is 34.6. The molecule has 2 saturated heterocycles. The largest absolute Gasteiger partial charge is 0.394 e. The van der Waals surface area contributed by atoms with E-state index in [-0.39, 0.29) is 18.9 Å². The molecule has 14 nitrogen and oxygen atoms in total. The standard InChI is InChI=1S/C57H93NO13/c1-3-5-7-9-11-12-13-14-15-16-17-18-19-20-21-22-23-24-25-26-27-28-29-30-31-32-33-34-35-37-39-41-49(62)58-45(46(61)40-38-36-10-8-6-4-2)44-68-56-54(67)52(65)55(48(43-60)70-56)71-57-53(66)51(64)50(63)47(42-59)69-57/h5,7,11-12,14-15,17-18,20-21,23-24,26-27,29-30,38,40,45-48,50-57,59-61,63-67H,3-4,6,8-10,13,16,19,22,25,28,31-37,39,41-44H2,1-2H3,(H,58,62)/b7-5-,12-11-,15-14-,18-17-,21-20-,24-23-,27-26-,30-29-,40-38+. The Bertz CT molecular complexity index is 1600. The lowest BCUT2D eigenvalue weighted by Gasteiger charge is -2.46. The number of hydrogen-bond donors (Lipinski definition) is 9. The van der Waals surface area contributed by atoms with Crippen molar-refractivity contribution in [3.05, 3.63) is 109 Å². The second-order valence-electron chi connectivity index (χ2n) is 18.3. The number of nitrogens with one attached hydrogen (secondary N) is 1. The number of amides is 1. The molecule has 14 heteroatoms. The molecule has 1 amide bonds. The SMILES string of the molecule is CC/C=C\C/C=C\C/C=C\C/C=C\C/C=C\C/C=C\C/C=C\C/C=C\CCCCCCCCC(=O)NC(COC1OC(CO)C(OC2OC(CO)C(O)C(O)C2O)C(O)C1O)C(O)/C=C/CCCCCC. The number of aliphatic hydroxyl groups excluding tert-OH is 8. The summed E-state index contributed by atoms with van der Waals surface area (Å²) in [6, 6.07) is -0.927. The number of carbonyl (C=O) groups is 1. The van der Waals surface area contributed by atoms with Gasteiger partial charge in [0.25, 0.3) is 0 Å². The van der Waals surface area contributed by atoms with Crippen LogP contribution < -0.4 is 5.32 Å². The Kier molecular flexibility index (Phi) is 37.8. The fourth-order valence-electron chi connectivity index (χ4n) is 7.89. The van der Waals surface area contributed by atoms with Gasteiger partial charge in [0.2, 0.25) is 5.91 Å². The molecular weight excluding hydrogens is 907 g/mol. The number of unbranched alkanes of at least 4 members (excludes halogenated alkanes) is 10. The highest BCUT2D eigenvalue weighted by Gasteiger charge is 2.51. The molecule has 2 aliphatic rings. The van der Waals surface area contributed by atoms with Gasteiger partial charge in [-0.3, -0.25) is 4.79 Å². The van der Waals surface area contributed by atoms with Gasteiger partial charge in [-0.1, -0.05) is 168 Å². The molecule has 71 heavy (non-hydrogen) atoms. The first-order valence-electron chi connectivity index (χ1n) is 26.6. The molecule has 0 aromatic heterocycles. The minimum absolute atomic E-state index is 0.255. The Morgan fingerprint density at radius 2 is 0.972 bits per heavy atom. The van der Waals surface area contributed by atoms with Crippen LogP contribution in [-0.4, -0.2) is 140 Å². The van der Waals surface area contributed by atoms with Crippen LogP contribution >= 0.6 is 0 Å². The lowest BCUT2D eigenvalue weighted by atomic mass is 9.97. The van der Waals surface area contributed by atoms with Crippen molar-refractivity contribution in [2.24, 2.45) is 0 Å². The van der Waals surface area contributed by atoms with Gasteiger partial charge in [-0.25, -0.2) is 0 Å². The predicted molar refractivity (Wildman–Crippen MR) is 281 cm³/mol. The fraction of sp³-hybridized carbons (Fsp3) is 0.667. The lowest BCUT2D eigenvalue weighted by Crippen LogP contribution is -2.65. The first-order valence-corrected chi connectivity index (χ1v) is 26.6. The van der Waals surface area contributed by atoms with Crippen molar-refractivity contribution in [2.75, 3.05) is 19.8 Å². The topological polar surface area (TPSA) is 228 Å². The molecule has 0 saturated carbocycles. The lowest BCUT2D eigenvalue weighted by molar-refractivity contribution is -0.359. The van der Waals surface area contributed by atoms with Gasteiger partial charge < -0.3 is 65.1 Å². The third kappa shape index (κ3) is 28.6. The number of hydrogen-bond acceptors (Lipinski definition) is 13. The second-order valence-corrected chi connectivity index (χ2v) is 18.3. The van der Waals surface area contributed by atoms with Crippen LogP contribution in [0.4, 0.5) is 0 Å². The Labute approximate surface area is 425 Å². The molecule has 0 bridgehead atoms. The van der Waals surface area contributed by atoms with E-state index >= 15 is 0 Å². The number of rotatable bonds is 39. The highest BCUT2D eigenvalue weighted by molar-refractivity contribution is 5.76. The molecule has 0 radical (unpaired) electrons. The summed E-state index contributed by atoms with van der Waals surface area (Å²) in [6.07, 6.45) is 41.8.